The Hall–Kier alpha value is -3.66. The van der Waals surface area contributed by atoms with Crippen molar-refractivity contribution in [3.8, 4) is 17.2 Å². The number of phenolic OH excluding ortho intramolecular Hbond substituents is 1. The number of aromatic hydroxyl groups is 2. The Morgan fingerprint density at radius 3 is 2.50 bits per heavy atom. The monoisotopic (exact) mass is 429 g/mol. The van der Waals surface area contributed by atoms with Gasteiger partial charge in [-0.2, -0.15) is 9.78 Å². The van der Waals surface area contributed by atoms with Crippen LogP contribution in [0.1, 0.15) is 23.0 Å². The Morgan fingerprint density at radius 1 is 1.10 bits per heavy atom. The van der Waals surface area contributed by atoms with Crippen molar-refractivity contribution in [1.29, 1.82) is 0 Å². The minimum Gasteiger partial charge on any atom is -0.506 e. The lowest BCUT2D eigenvalue weighted by Gasteiger charge is -2.12. The Morgan fingerprint density at radius 2 is 1.83 bits per heavy atom. The maximum absolute atomic E-state index is 12.7. The Labute approximate surface area is 172 Å². The SMILES string of the molecule is CCS(=O)(=O)c1ccc(O)c(NC(=O)c2nn(-c3cccc(C)c3)c(=O)cc2O)c1. The Bertz CT molecular complexity index is 1300. The van der Waals surface area contributed by atoms with Crippen LogP contribution >= 0.6 is 0 Å². The third-order valence-corrected chi connectivity index (χ3v) is 6.06. The Kier molecular flexibility index (Phi) is 5.61. The van der Waals surface area contributed by atoms with Gasteiger partial charge in [-0.25, -0.2) is 8.42 Å². The van der Waals surface area contributed by atoms with Crippen LogP contribution < -0.4 is 10.9 Å². The summed E-state index contributed by atoms with van der Waals surface area (Å²) in [5.74, 6) is -2.12. The first kappa shape index (κ1) is 21.1. The van der Waals surface area contributed by atoms with Crippen molar-refractivity contribution < 1.29 is 23.4 Å². The summed E-state index contributed by atoms with van der Waals surface area (Å²) in [6.45, 7) is 3.29. The smallest absolute Gasteiger partial charge is 0.280 e. The summed E-state index contributed by atoms with van der Waals surface area (Å²) >= 11 is 0. The van der Waals surface area contributed by atoms with Gasteiger partial charge in [0.1, 0.15) is 5.75 Å². The van der Waals surface area contributed by atoms with Crippen molar-refractivity contribution in [1.82, 2.24) is 9.78 Å². The zero-order valence-corrected chi connectivity index (χ0v) is 17.0. The normalized spacial score (nSPS) is 11.3. The van der Waals surface area contributed by atoms with Crippen LogP contribution in [0.15, 0.2) is 58.2 Å². The number of nitrogens with one attached hydrogen (secondary N) is 1. The number of hydrogen-bond donors (Lipinski definition) is 3. The molecule has 0 aliphatic heterocycles. The lowest BCUT2D eigenvalue weighted by molar-refractivity contribution is 0.101. The molecule has 0 unspecified atom stereocenters. The van der Waals surface area contributed by atoms with E-state index in [1.807, 2.05) is 13.0 Å². The van der Waals surface area contributed by atoms with E-state index in [0.29, 0.717) is 5.69 Å². The number of benzene rings is 2. The fourth-order valence-corrected chi connectivity index (χ4v) is 3.62. The zero-order chi connectivity index (χ0) is 22.1. The summed E-state index contributed by atoms with van der Waals surface area (Å²) in [7, 11) is -3.57. The molecule has 0 fully saturated rings. The van der Waals surface area contributed by atoms with Gasteiger partial charge in [-0.05, 0) is 42.8 Å². The molecule has 0 atom stereocenters. The fraction of sp³-hybridized carbons (Fsp3) is 0.150. The van der Waals surface area contributed by atoms with E-state index in [1.54, 1.807) is 18.2 Å². The van der Waals surface area contributed by atoms with Gasteiger partial charge in [0.15, 0.2) is 21.3 Å². The molecule has 3 N–H and O–H groups in total. The second-order valence-corrected chi connectivity index (χ2v) is 8.78. The molecule has 156 valence electrons. The van der Waals surface area contributed by atoms with Gasteiger partial charge in [-0.15, -0.1) is 0 Å². The molecular weight excluding hydrogens is 410 g/mol. The maximum Gasteiger partial charge on any atom is 0.280 e. The van der Waals surface area contributed by atoms with E-state index in [9.17, 15) is 28.2 Å². The second kappa shape index (κ2) is 7.99. The molecule has 0 aliphatic carbocycles. The molecule has 1 aromatic heterocycles. The van der Waals surface area contributed by atoms with E-state index in [2.05, 4.69) is 10.4 Å². The van der Waals surface area contributed by atoms with Crippen LogP contribution in [-0.2, 0) is 9.84 Å². The van der Waals surface area contributed by atoms with Gasteiger partial charge in [0.2, 0.25) is 0 Å². The number of rotatable bonds is 5. The number of sulfone groups is 1. The van der Waals surface area contributed by atoms with E-state index in [0.717, 1.165) is 28.4 Å². The molecule has 0 saturated heterocycles. The number of phenols is 1. The average Bonchev–Trinajstić information content (AvgIpc) is 2.69. The summed E-state index contributed by atoms with van der Waals surface area (Å²) in [6.07, 6.45) is 0. The van der Waals surface area contributed by atoms with Crippen LogP contribution in [-0.4, -0.2) is 40.1 Å². The molecule has 3 aromatic rings. The van der Waals surface area contributed by atoms with Gasteiger partial charge >= 0.3 is 0 Å². The molecule has 2 aromatic carbocycles. The maximum atomic E-state index is 12.7. The van der Waals surface area contributed by atoms with E-state index < -0.39 is 32.7 Å². The van der Waals surface area contributed by atoms with E-state index in [4.69, 9.17) is 0 Å². The predicted molar refractivity (Wildman–Crippen MR) is 110 cm³/mol. The van der Waals surface area contributed by atoms with E-state index in [-0.39, 0.29) is 22.1 Å². The highest BCUT2D eigenvalue weighted by Gasteiger charge is 2.20. The van der Waals surface area contributed by atoms with Gasteiger partial charge in [0.05, 0.1) is 22.0 Å². The molecular formula is C20H19N3O6S. The highest BCUT2D eigenvalue weighted by atomic mass is 32.2. The first-order valence-corrected chi connectivity index (χ1v) is 10.5. The zero-order valence-electron chi connectivity index (χ0n) is 16.2. The fourth-order valence-electron chi connectivity index (χ4n) is 2.71. The van der Waals surface area contributed by atoms with Gasteiger partial charge in [-0.3, -0.25) is 9.59 Å². The van der Waals surface area contributed by atoms with Crippen LogP contribution in [0, 0.1) is 6.92 Å². The number of carbonyl (C=O) groups excluding carboxylic acids is 1. The number of aryl methyl sites for hydroxylation is 1. The molecule has 3 rings (SSSR count). The lowest BCUT2D eigenvalue weighted by Crippen LogP contribution is -2.25. The highest BCUT2D eigenvalue weighted by molar-refractivity contribution is 7.91. The number of amides is 1. The standard InChI is InChI=1S/C20H19N3O6S/c1-3-30(28,29)14-7-8-16(24)15(10-14)21-20(27)19-17(25)11-18(26)23(22-19)13-6-4-5-12(2)9-13/h4-11,24-25H,3H2,1-2H3,(H,21,27). The number of aromatic nitrogens is 2. The molecule has 1 amide bonds. The van der Waals surface area contributed by atoms with Crippen LogP contribution in [0.25, 0.3) is 5.69 Å². The van der Waals surface area contributed by atoms with Crippen molar-refractivity contribution in [2.75, 3.05) is 11.1 Å². The molecule has 0 bridgehead atoms. The number of hydrogen-bond acceptors (Lipinski definition) is 7. The van der Waals surface area contributed by atoms with Gasteiger partial charge in [0.25, 0.3) is 11.5 Å². The first-order chi connectivity index (χ1) is 14.1. The van der Waals surface area contributed by atoms with Gasteiger partial charge < -0.3 is 15.5 Å². The minimum atomic E-state index is -3.57. The predicted octanol–water partition coefficient (Wildman–Crippen LogP) is 2.00. The van der Waals surface area contributed by atoms with Crippen molar-refractivity contribution in [2.24, 2.45) is 0 Å². The van der Waals surface area contributed by atoms with Crippen molar-refractivity contribution >= 4 is 21.4 Å². The topological polar surface area (TPSA) is 139 Å². The molecule has 0 radical (unpaired) electrons. The lowest BCUT2D eigenvalue weighted by atomic mass is 10.2. The Balaban J connectivity index is 2.02. The number of nitrogens with zero attached hydrogens (tertiary/aromatic N) is 2. The van der Waals surface area contributed by atoms with Crippen LogP contribution in [0.5, 0.6) is 11.5 Å². The van der Waals surface area contributed by atoms with Crippen LogP contribution in [0.4, 0.5) is 5.69 Å². The number of anilines is 1. The molecule has 10 heteroatoms. The summed E-state index contributed by atoms with van der Waals surface area (Å²) in [4.78, 5) is 24.8. The highest BCUT2D eigenvalue weighted by Crippen LogP contribution is 2.28. The summed E-state index contributed by atoms with van der Waals surface area (Å²) in [5.41, 5.74) is -0.0381. The molecule has 30 heavy (non-hydrogen) atoms. The van der Waals surface area contributed by atoms with E-state index >= 15 is 0 Å². The quantitative estimate of drug-likeness (QED) is 0.527. The summed E-state index contributed by atoms with van der Waals surface area (Å²) < 4.78 is 25.1. The third kappa shape index (κ3) is 4.18. The molecule has 0 saturated carbocycles. The van der Waals surface area contributed by atoms with Crippen molar-refractivity contribution in [3.05, 3.63) is 70.1 Å². The van der Waals surface area contributed by atoms with Crippen LogP contribution in [0.2, 0.25) is 0 Å². The molecule has 1 heterocycles. The second-order valence-electron chi connectivity index (χ2n) is 6.50. The van der Waals surface area contributed by atoms with Gasteiger partial charge in [-0.1, -0.05) is 19.1 Å². The van der Waals surface area contributed by atoms with E-state index in [1.165, 1.54) is 13.0 Å². The van der Waals surface area contributed by atoms with Crippen molar-refractivity contribution in [2.45, 2.75) is 18.7 Å². The summed E-state index contributed by atoms with van der Waals surface area (Å²) in [6, 6.07) is 11.1. The molecule has 0 spiro atoms. The first-order valence-electron chi connectivity index (χ1n) is 8.90. The summed E-state index contributed by atoms with van der Waals surface area (Å²) in [5, 5.41) is 26.3. The van der Waals surface area contributed by atoms with Crippen molar-refractivity contribution in [3.63, 3.8) is 0 Å². The largest absolute Gasteiger partial charge is 0.506 e. The number of carbonyl (C=O) groups is 1. The minimum absolute atomic E-state index is 0.0833. The van der Waals surface area contributed by atoms with Crippen LogP contribution in [0.3, 0.4) is 0 Å². The molecule has 9 nitrogen and oxygen atoms in total. The van der Waals surface area contributed by atoms with Gasteiger partial charge in [0, 0.05) is 6.07 Å². The third-order valence-electron chi connectivity index (χ3n) is 4.33. The molecule has 0 aliphatic rings. The average molecular weight is 429 g/mol.